The number of nitrogens with one attached hydrogen (secondary N) is 1. The van der Waals surface area contributed by atoms with Crippen LogP contribution in [0.15, 0.2) is 12.4 Å². The third kappa shape index (κ3) is 2.34. The molecule has 12 heavy (non-hydrogen) atoms. The molecule has 1 aromatic heterocycles. The summed E-state index contributed by atoms with van der Waals surface area (Å²) in [5.74, 6) is 0. The van der Waals surface area contributed by atoms with E-state index in [0.29, 0.717) is 10.0 Å². The van der Waals surface area contributed by atoms with Crippen molar-refractivity contribution in [2.75, 3.05) is 13.6 Å². The van der Waals surface area contributed by atoms with Crippen LogP contribution in [0.3, 0.4) is 0 Å². The van der Waals surface area contributed by atoms with Crippen molar-refractivity contribution in [1.82, 2.24) is 10.3 Å². The van der Waals surface area contributed by atoms with Gasteiger partial charge >= 0.3 is 0 Å². The number of hydrogen-bond donors (Lipinski definition) is 1. The summed E-state index contributed by atoms with van der Waals surface area (Å²) in [6.07, 6.45) is 4.05. The first-order valence-corrected chi connectivity index (χ1v) is 4.43. The van der Waals surface area contributed by atoms with Crippen LogP contribution in [0.2, 0.25) is 10.0 Å². The molecule has 1 aromatic rings. The van der Waals surface area contributed by atoms with Crippen LogP contribution in [-0.4, -0.2) is 18.6 Å². The van der Waals surface area contributed by atoms with E-state index in [2.05, 4.69) is 10.3 Å². The van der Waals surface area contributed by atoms with Crippen LogP contribution >= 0.6 is 23.2 Å². The van der Waals surface area contributed by atoms with Crippen molar-refractivity contribution in [3.63, 3.8) is 0 Å². The molecule has 0 spiro atoms. The number of likely N-dealkylation sites (N-methyl/N-ethyl adjacent to an activating group) is 1. The molecule has 0 aromatic carbocycles. The highest BCUT2D eigenvalue weighted by atomic mass is 35.5. The normalized spacial score (nSPS) is 10.2. The molecule has 0 unspecified atom stereocenters. The molecular formula is C8H10Cl2N2. The summed E-state index contributed by atoms with van der Waals surface area (Å²) in [5.41, 5.74) is 0.961. The Kier molecular flexibility index (Phi) is 3.79. The maximum Gasteiger partial charge on any atom is 0.0636 e. The average Bonchev–Trinajstić information content (AvgIpc) is 2.04. The molecule has 0 amide bonds. The number of rotatable bonds is 3. The molecule has 0 atom stereocenters. The van der Waals surface area contributed by atoms with E-state index in [1.54, 1.807) is 12.4 Å². The lowest BCUT2D eigenvalue weighted by Crippen LogP contribution is -2.10. The minimum atomic E-state index is 0.637. The van der Waals surface area contributed by atoms with Crippen molar-refractivity contribution < 1.29 is 0 Å². The van der Waals surface area contributed by atoms with Crippen LogP contribution in [0, 0.1) is 0 Å². The van der Waals surface area contributed by atoms with E-state index in [9.17, 15) is 0 Å². The number of pyridine rings is 1. The molecule has 0 saturated carbocycles. The van der Waals surface area contributed by atoms with Gasteiger partial charge in [-0.3, -0.25) is 4.98 Å². The second-order valence-corrected chi connectivity index (χ2v) is 3.25. The second kappa shape index (κ2) is 4.65. The molecule has 1 N–H and O–H groups in total. The number of aromatic nitrogens is 1. The van der Waals surface area contributed by atoms with Gasteiger partial charge in [0.2, 0.25) is 0 Å². The van der Waals surface area contributed by atoms with Gasteiger partial charge in [0.1, 0.15) is 0 Å². The Morgan fingerprint density at radius 2 is 1.92 bits per heavy atom. The summed E-state index contributed by atoms with van der Waals surface area (Å²) in [6, 6.07) is 0. The Labute approximate surface area is 81.9 Å². The van der Waals surface area contributed by atoms with Crippen molar-refractivity contribution in [1.29, 1.82) is 0 Å². The topological polar surface area (TPSA) is 24.9 Å². The number of halogens is 2. The van der Waals surface area contributed by atoms with E-state index >= 15 is 0 Å². The maximum absolute atomic E-state index is 5.89. The van der Waals surface area contributed by atoms with Gasteiger partial charge in [-0.25, -0.2) is 0 Å². The second-order valence-electron chi connectivity index (χ2n) is 2.44. The van der Waals surface area contributed by atoms with Gasteiger partial charge in [0.15, 0.2) is 0 Å². The van der Waals surface area contributed by atoms with Crippen LogP contribution in [0.4, 0.5) is 0 Å². The zero-order valence-electron chi connectivity index (χ0n) is 6.77. The van der Waals surface area contributed by atoms with Crippen LogP contribution in [0.1, 0.15) is 5.56 Å². The highest BCUT2D eigenvalue weighted by Gasteiger charge is 2.04. The summed E-state index contributed by atoms with van der Waals surface area (Å²) in [4.78, 5) is 3.87. The fourth-order valence-corrected chi connectivity index (χ4v) is 1.48. The van der Waals surface area contributed by atoms with Crippen molar-refractivity contribution in [3.05, 3.63) is 28.0 Å². The third-order valence-electron chi connectivity index (χ3n) is 1.58. The Morgan fingerprint density at radius 1 is 1.33 bits per heavy atom. The molecule has 0 aliphatic rings. The predicted octanol–water partition coefficient (Wildman–Crippen LogP) is 2.15. The standard InChI is InChI=1S/C8H10Cl2N2/c1-11-3-2-6-7(9)4-12-5-8(6)10/h4-5,11H,2-3H2,1H3. The summed E-state index contributed by atoms with van der Waals surface area (Å²) in [7, 11) is 1.89. The van der Waals surface area contributed by atoms with Crippen molar-refractivity contribution in [2.45, 2.75) is 6.42 Å². The molecule has 66 valence electrons. The van der Waals surface area contributed by atoms with Gasteiger partial charge in [-0.15, -0.1) is 0 Å². The summed E-state index contributed by atoms with van der Waals surface area (Å²) in [6.45, 7) is 0.865. The molecular weight excluding hydrogens is 195 g/mol. The van der Waals surface area contributed by atoms with Crippen molar-refractivity contribution in [3.8, 4) is 0 Å². The Hall–Kier alpha value is -0.310. The van der Waals surface area contributed by atoms with E-state index in [1.807, 2.05) is 7.05 Å². The minimum Gasteiger partial charge on any atom is -0.319 e. The smallest absolute Gasteiger partial charge is 0.0636 e. The van der Waals surface area contributed by atoms with E-state index < -0.39 is 0 Å². The lowest BCUT2D eigenvalue weighted by molar-refractivity contribution is 0.791. The molecule has 1 heterocycles. The van der Waals surface area contributed by atoms with Gasteiger partial charge in [0.05, 0.1) is 10.0 Å². The van der Waals surface area contributed by atoms with Crippen molar-refractivity contribution >= 4 is 23.2 Å². The maximum atomic E-state index is 5.89. The molecule has 0 bridgehead atoms. The molecule has 0 radical (unpaired) electrons. The predicted molar refractivity (Wildman–Crippen MR) is 51.9 cm³/mol. The monoisotopic (exact) mass is 204 g/mol. The highest BCUT2D eigenvalue weighted by molar-refractivity contribution is 6.35. The largest absolute Gasteiger partial charge is 0.319 e. The van der Waals surface area contributed by atoms with Gasteiger partial charge in [0, 0.05) is 12.4 Å². The SMILES string of the molecule is CNCCc1c(Cl)cncc1Cl. The van der Waals surface area contributed by atoms with E-state index in [1.165, 1.54) is 0 Å². The molecule has 1 rings (SSSR count). The molecule has 2 nitrogen and oxygen atoms in total. The van der Waals surface area contributed by atoms with E-state index in [4.69, 9.17) is 23.2 Å². The van der Waals surface area contributed by atoms with Crippen LogP contribution < -0.4 is 5.32 Å². The third-order valence-corrected chi connectivity index (χ3v) is 2.23. The number of nitrogens with zero attached hydrogens (tertiary/aromatic N) is 1. The first-order valence-electron chi connectivity index (χ1n) is 3.68. The molecule has 0 saturated heterocycles. The Morgan fingerprint density at radius 3 is 2.42 bits per heavy atom. The average molecular weight is 205 g/mol. The van der Waals surface area contributed by atoms with Gasteiger partial charge in [-0.05, 0) is 25.6 Å². The van der Waals surface area contributed by atoms with E-state index in [0.717, 1.165) is 18.5 Å². The zero-order valence-corrected chi connectivity index (χ0v) is 8.28. The van der Waals surface area contributed by atoms with Crippen molar-refractivity contribution in [2.24, 2.45) is 0 Å². The molecule has 0 fully saturated rings. The van der Waals surface area contributed by atoms with Gasteiger partial charge in [-0.2, -0.15) is 0 Å². The molecule has 4 heteroatoms. The fourth-order valence-electron chi connectivity index (χ4n) is 0.927. The van der Waals surface area contributed by atoms with Crippen LogP contribution in [0.5, 0.6) is 0 Å². The van der Waals surface area contributed by atoms with Crippen LogP contribution in [0.25, 0.3) is 0 Å². The fraction of sp³-hybridized carbons (Fsp3) is 0.375. The quantitative estimate of drug-likeness (QED) is 0.817. The van der Waals surface area contributed by atoms with E-state index in [-0.39, 0.29) is 0 Å². The summed E-state index contributed by atoms with van der Waals surface area (Å²) < 4.78 is 0. The first kappa shape index (κ1) is 9.78. The van der Waals surface area contributed by atoms with Gasteiger partial charge in [-0.1, -0.05) is 23.2 Å². The van der Waals surface area contributed by atoms with Gasteiger partial charge < -0.3 is 5.32 Å². The number of hydrogen-bond acceptors (Lipinski definition) is 2. The first-order chi connectivity index (χ1) is 5.75. The Balaban J connectivity index is 2.81. The summed E-state index contributed by atoms with van der Waals surface area (Å²) >= 11 is 11.8. The lowest BCUT2D eigenvalue weighted by atomic mass is 10.2. The molecule has 0 aliphatic carbocycles. The summed E-state index contributed by atoms with van der Waals surface area (Å²) in [5, 5.41) is 4.31. The minimum absolute atomic E-state index is 0.637. The van der Waals surface area contributed by atoms with Gasteiger partial charge in [0.25, 0.3) is 0 Å². The highest BCUT2D eigenvalue weighted by Crippen LogP contribution is 2.22. The Bertz CT molecular complexity index is 243. The van der Waals surface area contributed by atoms with Crippen LogP contribution in [-0.2, 0) is 6.42 Å². The zero-order chi connectivity index (χ0) is 8.97. The lowest BCUT2D eigenvalue weighted by Gasteiger charge is -2.04. The molecule has 0 aliphatic heterocycles.